The summed E-state index contributed by atoms with van der Waals surface area (Å²) < 4.78 is 19.8. The van der Waals surface area contributed by atoms with Crippen LogP contribution < -0.4 is 4.74 Å². The van der Waals surface area contributed by atoms with Crippen LogP contribution in [0, 0.1) is 5.82 Å². The van der Waals surface area contributed by atoms with E-state index >= 15 is 0 Å². The number of aromatic nitrogens is 3. The molecule has 0 N–H and O–H groups in total. The molecule has 0 unspecified atom stereocenters. The molecule has 20 heavy (non-hydrogen) atoms. The molecule has 2 aromatic rings. The molecule has 0 aliphatic rings. The minimum Gasteiger partial charge on any atom is -0.463 e. The van der Waals surface area contributed by atoms with Crippen molar-refractivity contribution in [1.29, 1.82) is 0 Å². The van der Waals surface area contributed by atoms with Crippen molar-refractivity contribution in [3.8, 4) is 17.4 Å². The average molecular weight is 381 g/mol. The molecule has 0 radical (unpaired) electrons. The van der Waals surface area contributed by atoms with Crippen LogP contribution in [-0.4, -0.2) is 21.6 Å². The van der Waals surface area contributed by atoms with E-state index < -0.39 is 5.82 Å². The molecule has 0 fully saturated rings. The monoisotopic (exact) mass is 379 g/mol. The Hall–Kier alpha value is -0.980. The van der Waals surface area contributed by atoms with Gasteiger partial charge in [-0.1, -0.05) is 18.5 Å². The van der Waals surface area contributed by atoms with Gasteiger partial charge in [0, 0.05) is 4.47 Å². The molecule has 0 bridgehead atoms. The van der Waals surface area contributed by atoms with E-state index in [9.17, 15) is 4.39 Å². The van der Waals surface area contributed by atoms with Crippen LogP contribution in [-0.2, 0) is 0 Å². The Morgan fingerprint density at radius 1 is 1.25 bits per heavy atom. The Morgan fingerprint density at radius 2 is 2.00 bits per heavy atom. The van der Waals surface area contributed by atoms with Crippen LogP contribution in [0.1, 0.15) is 13.3 Å². The first-order chi connectivity index (χ1) is 9.52. The van der Waals surface area contributed by atoms with Crippen LogP contribution in [0.2, 0.25) is 10.3 Å². The van der Waals surface area contributed by atoms with Gasteiger partial charge in [0.25, 0.3) is 0 Å². The van der Waals surface area contributed by atoms with Gasteiger partial charge in [0.05, 0.1) is 17.2 Å². The highest BCUT2D eigenvalue weighted by Gasteiger charge is 2.16. The largest absolute Gasteiger partial charge is 0.463 e. The van der Waals surface area contributed by atoms with E-state index in [4.69, 9.17) is 27.9 Å². The fourth-order valence-electron chi connectivity index (χ4n) is 1.41. The zero-order valence-electron chi connectivity index (χ0n) is 10.3. The zero-order valence-corrected chi connectivity index (χ0v) is 13.4. The minimum atomic E-state index is -0.634. The maximum Gasteiger partial charge on any atom is 0.321 e. The predicted octanol–water partition coefficient (Wildman–Crippen LogP) is 4.54. The summed E-state index contributed by atoms with van der Waals surface area (Å²) in [6.07, 6.45) is 0.789. The first-order valence-electron chi connectivity index (χ1n) is 5.71. The van der Waals surface area contributed by atoms with E-state index in [0.29, 0.717) is 11.1 Å². The number of ether oxygens (including phenoxy) is 1. The lowest BCUT2D eigenvalue weighted by Gasteiger charge is -2.07. The van der Waals surface area contributed by atoms with Gasteiger partial charge in [0.15, 0.2) is 11.6 Å². The second kappa shape index (κ2) is 6.65. The lowest BCUT2D eigenvalue weighted by atomic mass is 10.2. The summed E-state index contributed by atoms with van der Waals surface area (Å²) in [6.45, 7) is 2.38. The summed E-state index contributed by atoms with van der Waals surface area (Å²) >= 11 is 14.8. The molecule has 0 amide bonds. The standard InChI is InChI=1S/C12H9BrCl2FN3O/c1-2-5-20-12-18-10(17-11(15)19-12)6-3-4-7(13)8(14)9(6)16/h3-4H,2,5H2,1H3. The van der Waals surface area contributed by atoms with Crippen molar-refractivity contribution in [3.63, 3.8) is 0 Å². The van der Waals surface area contributed by atoms with Crippen molar-refractivity contribution in [1.82, 2.24) is 15.0 Å². The highest BCUT2D eigenvalue weighted by Crippen LogP contribution is 2.32. The summed E-state index contributed by atoms with van der Waals surface area (Å²) in [6, 6.07) is 3.16. The van der Waals surface area contributed by atoms with E-state index in [1.165, 1.54) is 6.07 Å². The highest BCUT2D eigenvalue weighted by atomic mass is 79.9. The molecule has 0 saturated carbocycles. The van der Waals surface area contributed by atoms with Crippen LogP contribution in [0.4, 0.5) is 4.39 Å². The van der Waals surface area contributed by atoms with E-state index in [1.54, 1.807) is 6.07 Å². The predicted molar refractivity (Wildman–Crippen MR) is 78.7 cm³/mol. The maximum absolute atomic E-state index is 14.1. The molecule has 0 saturated heterocycles. The van der Waals surface area contributed by atoms with Gasteiger partial charge in [-0.05, 0) is 46.1 Å². The molecule has 0 aliphatic carbocycles. The summed E-state index contributed by atoms with van der Waals surface area (Å²) in [4.78, 5) is 11.7. The fourth-order valence-corrected chi connectivity index (χ4v) is 2.03. The van der Waals surface area contributed by atoms with E-state index in [2.05, 4.69) is 30.9 Å². The highest BCUT2D eigenvalue weighted by molar-refractivity contribution is 9.10. The maximum atomic E-state index is 14.1. The van der Waals surface area contributed by atoms with Crippen molar-refractivity contribution in [2.75, 3.05) is 6.61 Å². The third-order valence-electron chi connectivity index (χ3n) is 2.30. The molecule has 1 aromatic carbocycles. The number of halogens is 4. The molecular weight excluding hydrogens is 372 g/mol. The Kier molecular flexibility index (Phi) is 5.12. The van der Waals surface area contributed by atoms with Crippen molar-refractivity contribution in [3.05, 3.63) is 32.7 Å². The van der Waals surface area contributed by atoms with Crippen molar-refractivity contribution in [2.45, 2.75) is 13.3 Å². The van der Waals surface area contributed by atoms with Gasteiger partial charge >= 0.3 is 6.01 Å². The van der Waals surface area contributed by atoms with Gasteiger partial charge in [-0.25, -0.2) is 4.39 Å². The molecule has 1 heterocycles. The topological polar surface area (TPSA) is 47.9 Å². The smallest absolute Gasteiger partial charge is 0.321 e. The second-order valence-corrected chi connectivity index (χ2v) is 5.35. The van der Waals surface area contributed by atoms with Crippen LogP contribution in [0.3, 0.4) is 0 Å². The first-order valence-corrected chi connectivity index (χ1v) is 7.26. The molecule has 106 valence electrons. The number of hydrogen-bond acceptors (Lipinski definition) is 4. The first kappa shape index (κ1) is 15.4. The van der Waals surface area contributed by atoms with Crippen molar-refractivity contribution >= 4 is 39.1 Å². The summed E-state index contributed by atoms with van der Waals surface area (Å²) in [5.74, 6) is -0.562. The van der Waals surface area contributed by atoms with Gasteiger partial charge in [0.2, 0.25) is 5.28 Å². The Balaban J connectivity index is 2.47. The third kappa shape index (κ3) is 3.37. The number of nitrogens with zero attached hydrogens (tertiary/aromatic N) is 3. The molecule has 2 rings (SSSR count). The van der Waals surface area contributed by atoms with Crippen LogP contribution in [0.5, 0.6) is 6.01 Å². The Bertz CT molecular complexity index is 642. The molecule has 1 aromatic heterocycles. The SMILES string of the molecule is CCCOc1nc(Cl)nc(-c2ccc(Br)c(Cl)c2F)n1. The molecule has 0 spiro atoms. The fraction of sp³-hybridized carbons (Fsp3) is 0.250. The number of benzene rings is 1. The molecule has 8 heteroatoms. The lowest BCUT2D eigenvalue weighted by Crippen LogP contribution is -2.03. The van der Waals surface area contributed by atoms with E-state index in [0.717, 1.165) is 6.42 Å². The summed E-state index contributed by atoms with van der Waals surface area (Å²) in [7, 11) is 0. The summed E-state index contributed by atoms with van der Waals surface area (Å²) in [5, 5.41) is -0.116. The van der Waals surface area contributed by atoms with Crippen LogP contribution in [0.15, 0.2) is 16.6 Å². The van der Waals surface area contributed by atoms with Gasteiger partial charge in [-0.2, -0.15) is 15.0 Å². The zero-order chi connectivity index (χ0) is 14.7. The molecule has 0 atom stereocenters. The van der Waals surface area contributed by atoms with Gasteiger partial charge in [-0.3, -0.25) is 0 Å². The van der Waals surface area contributed by atoms with Crippen LogP contribution in [0.25, 0.3) is 11.4 Å². The molecule has 0 aliphatic heterocycles. The van der Waals surface area contributed by atoms with Crippen molar-refractivity contribution in [2.24, 2.45) is 0 Å². The summed E-state index contributed by atoms with van der Waals surface area (Å²) in [5.41, 5.74) is 0.129. The van der Waals surface area contributed by atoms with Gasteiger partial charge in [0.1, 0.15) is 0 Å². The van der Waals surface area contributed by atoms with Gasteiger partial charge in [-0.15, -0.1) is 0 Å². The number of hydrogen-bond donors (Lipinski definition) is 0. The lowest BCUT2D eigenvalue weighted by molar-refractivity contribution is 0.291. The van der Waals surface area contributed by atoms with Gasteiger partial charge < -0.3 is 4.74 Å². The van der Waals surface area contributed by atoms with E-state index in [-0.39, 0.29) is 27.7 Å². The number of rotatable bonds is 4. The molecular formula is C12H9BrCl2FN3O. The molecule has 4 nitrogen and oxygen atoms in total. The Morgan fingerprint density at radius 3 is 2.70 bits per heavy atom. The quantitative estimate of drug-likeness (QED) is 0.730. The normalized spacial score (nSPS) is 10.7. The third-order valence-corrected chi connectivity index (χ3v) is 3.73. The Labute approximate surface area is 133 Å². The van der Waals surface area contributed by atoms with E-state index in [1.807, 2.05) is 6.92 Å². The minimum absolute atomic E-state index is 0.0462. The van der Waals surface area contributed by atoms with Crippen LogP contribution >= 0.6 is 39.1 Å². The average Bonchev–Trinajstić information content (AvgIpc) is 2.42. The second-order valence-electron chi connectivity index (χ2n) is 3.78. The van der Waals surface area contributed by atoms with Crippen molar-refractivity contribution < 1.29 is 9.13 Å².